The molecule has 4 heterocycles. The van der Waals surface area contributed by atoms with Crippen LogP contribution in [0.1, 0.15) is 59.6 Å². The topological polar surface area (TPSA) is 248 Å². The molecule has 8 aromatic rings. The third kappa shape index (κ3) is 16.1. The number of hydrogen-bond acceptors (Lipinski definition) is 18. The van der Waals surface area contributed by atoms with Gasteiger partial charge in [0.15, 0.2) is 6.23 Å². The molecule has 1 amide bonds. The predicted octanol–water partition coefficient (Wildman–Crippen LogP) is 11.6. The summed E-state index contributed by atoms with van der Waals surface area (Å²) < 4.78 is 29.6. The van der Waals surface area contributed by atoms with Crippen molar-refractivity contribution in [3.8, 4) is 35.1 Å². The maximum absolute atomic E-state index is 13.0. The van der Waals surface area contributed by atoms with Gasteiger partial charge in [0.2, 0.25) is 5.91 Å². The van der Waals surface area contributed by atoms with Gasteiger partial charge in [-0.15, -0.1) is 0 Å². The van der Waals surface area contributed by atoms with E-state index in [9.17, 15) is 20.1 Å². The van der Waals surface area contributed by atoms with Gasteiger partial charge < -0.3 is 39.6 Å². The fourth-order valence-electron chi connectivity index (χ4n) is 8.98. The summed E-state index contributed by atoms with van der Waals surface area (Å²) in [6.45, 7) is 5.07. The molecule has 85 heavy (non-hydrogen) atoms. The molecule has 0 aliphatic heterocycles. The van der Waals surface area contributed by atoms with Crippen molar-refractivity contribution in [1.82, 2.24) is 35.1 Å². The largest absolute Gasteiger partial charge is 0.493 e. The summed E-state index contributed by atoms with van der Waals surface area (Å²) in [6, 6.07) is 32.8. The second-order valence-electron chi connectivity index (χ2n) is 19.4. The first kappa shape index (κ1) is 61.5. The van der Waals surface area contributed by atoms with Crippen LogP contribution in [0, 0.1) is 22.7 Å². The van der Waals surface area contributed by atoms with Crippen LogP contribution >= 0.6 is 23.2 Å². The fraction of sp³-hybridized carbons (Fsp3) is 0.219. The molecule has 3 unspecified atom stereocenters. The van der Waals surface area contributed by atoms with Crippen molar-refractivity contribution in [2.45, 2.75) is 45.4 Å². The Kier molecular flexibility index (Phi) is 21.4. The minimum Gasteiger partial charge on any atom is -0.493 e. The number of pyridine rings is 4. The number of anilines is 4. The van der Waals surface area contributed by atoms with Gasteiger partial charge in [-0.1, -0.05) is 53.6 Å². The van der Waals surface area contributed by atoms with E-state index in [1.807, 2.05) is 125 Å². The summed E-state index contributed by atoms with van der Waals surface area (Å²) >= 11 is 13.4. The predicted molar refractivity (Wildman–Crippen MR) is 329 cm³/mol. The molecule has 19 nitrogen and oxygen atoms in total. The van der Waals surface area contributed by atoms with E-state index in [0.717, 1.165) is 29.1 Å². The number of hydrogen-bond donors (Lipinski definition) is 4. The zero-order valence-corrected chi connectivity index (χ0v) is 49.1. The number of nitrogens with zero attached hydrogens (tertiary/aromatic N) is 8. The Morgan fingerprint density at radius 2 is 1.12 bits per heavy atom. The number of amides is 1. The number of nitrogens with two attached hydrogens (primary N) is 1. The van der Waals surface area contributed by atoms with Gasteiger partial charge in [0, 0.05) is 88.9 Å². The smallest absolute Gasteiger partial charge is 0.332 e. The number of rotatable bonds is 26. The number of benzene rings is 4. The second kappa shape index (κ2) is 29.6. The van der Waals surface area contributed by atoms with Crippen molar-refractivity contribution in [2.75, 3.05) is 58.6 Å². The molecule has 0 saturated carbocycles. The highest BCUT2D eigenvalue weighted by atomic mass is 35.5. The standard InChI is InChI=1S/C64H62Cl2N12O7/c1-7-81-58-32-52-46(63(40(34-67)36-73-52)75-42-17-20-56(50(65)28-42)83-38-44-14-9-11-25-70-44)30-48(58)54(77(3)4)16-13-27-72-61(79)23-24-62(80)85-60(69)22-19-55(78(5)6)49-31-47-53(33-59(49)82-8-2)74-37-41(35-68)64(47)76-43-18-21-57(51(66)29-43)84-39-45-15-10-12-26-71-45/h9-26,28-33,36-37,54-55,60H,7-8,27,38-39,69H2,1-6H3,(H,72,79)(H,73,75)(H,74,76)/b16-13+,22-19+,24-23-. The normalized spacial score (nSPS) is 12.5. The van der Waals surface area contributed by atoms with Crippen molar-refractivity contribution in [3.63, 3.8) is 0 Å². The Morgan fingerprint density at radius 1 is 0.624 bits per heavy atom. The van der Waals surface area contributed by atoms with Gasteiger partial charge in [-0.3, -0.25) is 40.3 Å². The maximum atomic E-state index is 13.0. The van der Waals surface area contributed by atoms with Crippen molar-refractivity contribution in [1.29, 1.82) is 10.5 Å². The van der Waals surface area contributed by atoms with E-state index >= 15 is 0 Å². The number of carbonyl (C=O) groups excluding carboxylic acids is 2. The van der Waals surface area contributed by atoms with Gasteiger partial charge in [0.1, 0.15) is 48.4 Å². The lowest BCUT2D eigenvalue weighted by atomic mass is 9.99. The second-order valence-corrected chi connectivity index (χ2v) is 20.2. The first-order valence-electron chi connectivity index (χ1n) is 26.9. The molecule has 0 radical (unpaired) electrons. The first-order chi connectivity index (χ1) is 41.2. The van der Waals surface area contributed by atoms with Gasteiger partial charge in [-0.25, -0.2) is 4.79 Å². The van der Waals surface area contributed by atoms with Crippen molar-refractivity contribution >= 4 is 79.6 Å². The minimum atomic E-state index is -1.20. The van der Waals surface area contributed by atoms with Crippen LogP contribution in [-0.4, -0.2) is 95.8 Å². The monoisotopic (exact) mass is 1180 g/mol. The number of nitrogens with one attached hydrogen (secondary N) is 3. The lowest BCUT2D eigenvalue weighted by Crippen LogP contribution is -2.26. The number of ether oxygens (including phenoxy) is 5. The zero-order valence-electron chi connectivity index (χ0n) is 47.5. The number of halogens is 2. The van der Waals surface area contributed by atoms with Crippen LogP contribution in [0.25, 0.3) is 21.8 Å². The third-order valence-corrected chi connectivity index (χ3v) is 13.6. The molecule has 0 bridgehead atoms. The van der Waals surface area contributed by atoms with E-state index in [0.29, 0.717) is 108 Å². The first-order valence-corrected chi connectivity index (χ1v) is 27.7. The van der Waals surface area contributed by atoms with Crippen LogP contribution in [0.15, 0.2) is 158 Å². The molecule has 0 aliphatic rings. The molecule has 21 heteroatoms. The summed E-state index contributed by atoms with van der Waals surface area (Å²) in [5.41, 5.74) is 13.3. The number of carbonyl (C=O) groups is 2. The zero-order chi connectivity index (χ0) is 60.4. The van der Waals surface area contributed by atoms with E-state index in [2.05, 4.69) is 48.0 Å². The van der Waals surface area contributed by atoms with E-state index in [4.69, 9.17) is 52.6 Å². The van der Waals surface area contributed by atoms with E-state index in [-0.39, 0.29) is 25.8 Å². The quantitative estimate of drug-likeness (QED) is 0.0170. The average molecular weight is 1180 g/mol. The summed E-state index contributed by atoms with van der Waals surface area (Å²) in [5, 5.41) is 32.0. The van der Waals surface area contributed by atoms with Gasteiger partial charge in [0.05, 0.1) is 80.3 Å². The number of likely N-dealkylation sites (N-methyl/N-ethyl adjacent to an activating group) is 2. The molecule has 0 fully saturated rings. The summed E-state index contributed by atoms with van der Waals surface area (Å²) in [6.07, 6.45) is 14.3. The highest BCUT2D eigenvalue weighted by Gasteiger charge is 2.23. The number of fused-ring (bicyclic) bond motifs is 2. The van der Waals surface area contributed by atoms with E-state index in [1.54, 1.807) is 54.9 Å². The summed E-state index contributed by atoms with van der Waals surface area (Å²) in [7, 11) is 7.55. The Hall–Kier alpha value is -9.60. The molecular formula is C64H62Cl2N12O7. The molecule has 5 N–H and O–H groups in total. The van der Waals surface area contributed by atoms with Crippen LogP contribution in [0.5, 0.6) is 23.0 Å². The van der Waals surface area contributed by atoms with Crippen LogP contribution in [0.4, 0.5) is 22.7 Å². The molecule has 8 rings (SSSR count). The van der Waals surface area contributed by atoms with E-state index in [1.165, 1.54) is 18.5 Å². The van der Waals surface area contributed by atoms with E-state index < -0.39 is 24.1 Å². The summed E-state index contributed by atoms with van der Waals surface area (Å²) in [5.74, 6) is 0.680. The molecule has 0 spiro atoms. The van der Waals surface area contributed by atoms with Crippen LogP contribution < -0.4 is 40.6 Å². The van der Waals surface area contributed by atoms with Crippen LogP contribution in [-0.2, 0) is 27.5 Å². The Labute approximate surface area is 502 Å². The third-order valence-electron chi connectivity index (χ3n) is 13.0. The molecule has 4 aromatic heterocycles. The van der Waals surface area contributed by atoms with Gasteiger partial charge in [-0.05, 0) is 121 Å². The highest BCUT2D eigenvalue weighted by Crippen LogP contribution is 2.41. The van der Waals surface area contributed by atoms with Crippen molar-refractivity contribution in [3.05, 3.63) is 202 Å². The molecule has 4 aromatic carbocycles. The lowest BCUT2D eigenvalue weighted by Gasteiger charge is -2.25. The van der Waals surface area contributed by atoms with Gasteiger partial charge in [-0.2, -0.15) is 10.5 Å². The molecular weight excluding hydrogens is 1120 g/mol. The molecule has 434 valence electrons. The maximum Gasteiger partial charge on any atom is 0.332 e. The van der Waals surface area contributed by atoms with Crippen LogP contribution in [0.2, 0.25) is 10.0 Å². The van der Waals surface area contributed by atoms with Gasteiger partial charge >= 0.3 is 5.97 Å². The average Bonchev–Trinajstić information content (AvgIpc) is 3.68. The molecule has 3 atom stereocenters. The molecule has 0 aliphatic carbocycles. The lowest BCUT2D eigenvalue weighted by molar-refractivity contribution is -0.140. The number of nitriles is 2. The van der Waals surface area contributed by atoms with Crippen molar-refractivity contribution < 1.29 is 33.3 Å². The fourth-order valence-corrected chi connectivity index (χ4v) is 9.45. The highest BCUT2D eigenvalue weighted by molar-refractivity contribution is 6.32. The Bertz CT molecular complexity index is 3850. The van der Waals surface area contributed by atoms with Gasteiger partial charge in [0.25, 0.3) is 0 Å². The Morgan fingerprint density at radius 3 is 1.55 bits per heavy atom. The molecule has 0 saturated heterocycles. The van der Waals surface area contributed by atoms with Crippen molar-refractivity contribution in [2.24, 2.45) is 5.73 Å². The SMILES string of the molecule is CCOc1cc2ncc(C#N)c(Nc3ccc(OCc4ccccn4)c(Cl)c3)c2cc1C(/C=C/CNC(=O)/C=C\C(=O)OC(N)/C=C/C(c1cc2c(Nc3ccc(OCc4ccccn4)c(Cl)c3)c(C#N)cnc2cc1OCC)N(C)C)N(C)C. The Balaban J connectivity index is 0.916. The summed E-state index contributed by atoms with van der Waals surface area (Å²) in [4.78, 5) is 47.7. The van der Waals surface area contributed by atoms with Crippen LogP contribution in [0.3, 0.4) is 0 Å². The number of esters is 1. The number of aromatic nitrogens is 4. The minimum absolute atomic E-state index is 0.109.